The van der Waals surface area contributed by atoms with Gasteiger partial charge < -0.3 is 15.2 Å². The smallest absolute Gasteiger partial charge is 0.0674 e. The molecule has 0 aromatic heterocycles. The molecular formula is C12H24N2O2. The summed E-state index contributed by atoms with van der Waals surface area (Å²) < 4.78 is 11.1. The van der Waals surface area contributed by atoms with Gasteiger partial charge in [-0.1, -0.05) is 0 Å². The molecule has 0 radical (unpaired) electrons. The molecule has 1 aliphatic carbocycles. The van der Waals surface area contributed by atoms with E-state index in [-0.39, 0.29) is 5.54 Å². The number of ether oxygens (including phenoxy) is 2. The molecule has 2 fully saturated rings. The van der Waals surface area contributed by atoms with Crippen LogP contribution in [0.5, 0.6) is 0 Å². The zero-order chi connectivity index (χ0) is 11.6. The summed E-state index contributed by atoms with van der Waals surface area (Å²) in [5.41, 5.74) is 6.16. The van der Waals surface area contributed by atoms with Crippen molar-refractivity contribution >= 4 is 0 Å². The Morgan fingerprint density at radius 2 is 2.25 bits per heavy atom. The summed E-state index contributed by atoms with van der Waals surface area (Å²) in [6, 6.07) is 0. The number of hydrogen-bond donors (Lipinski definition) is 1. The topological polar surface area (TPSA) is 47.7 Å². The molecule has 94 valence electrons. The Bertz CT molecular complexity index is 229. The third-order valence-electron chi connectivity index (χ3n) is 4.05. The van der Waals surface area contributed by atoms with Gasteiger partial charge in [-0.3, -0.25) is 4.90 Å². The van der Waals surface area contributed by atoms with Gasteiger partial charge in [-0.2, -0.15) is 0 Å². The lowest BCUT2D eigenvalue weighted by Gasteiger charge is -2.53. The van der Waals surface area contributed by atoms with Crippen LogP contribution in [0.3, 0.4) is 0 Å². The Kier molecular flexibility index (Phi) is 3.85. The van der Waals surface area contributed by atoms with Crippen molar-refractivity contribution in [2.24, 2.45) is 5.73 Å². The van der Waals surface area contributed by atoms with Gasteiger partial charge in [0.25, 0.3) is 0 Å². The van der Waals surface area contributed by atoms with Gasteiger partial charge in [0.2, 0.25) is 0 Å². The lowest BCUT2D eigenvalue weighted by Crippen LogP contribution is -2.64. The summed E-state index contributed by atoms with van der Waals surface area (Å²) >= 11 is 0. The zero-order valence-electron chi connectivity index (χ0n) is 10.4. The first-order valence-electron chi connectivity index (χ1n) is 6.30. The molecule has 1 unspecified atom stereocenters. The predicted molar refractivity (Wildman–Crippen MR) is 63.4 cm³/mol. The molecule has 16 heavy (non-hydrogen) atoms. The second kappa shape index (κ2) is 5.00. The second-order valence-corrected chi connectivity index (χ2v) is 5.18. The van der Waals surface area contributed by atoms with Crippen LogP contribution in [-0.4, -0.2) is 56.0 Å². The third kappa shape index (κ3) is 2.25. The average Bonchev–Trinajstić information content (AvgIpc) is 2.43. The van der Waals surface area contributed by atoms with E-state index in [1.165, 1.54) is 0 Å². The van der Waals surface area contributed by atoms with Gasteiger partial charge in [0.15, 0.2) is 0 Å². The summed E-state index contributed by atoms with van der Waals surface area (Å²) in [6.07, 6.45) is 4.00. The number of nitrogens with zero attached hydrogens (tertiary/aromatic N) is 1. The van der Waals surface area contributed by atoms with Crippen molar-refractivity contribution in [2.75, 3.05) is 33.4 Å². The minimum absolute atomic E-state index is 0.183. The fourth-order valence-corrected chi connectivity index (χ4v) is 2.93. The maximum absolute atomic E-state index is 5.97. The molecule has 4 nitrogen and oxygen atoms in total. The standard InChI is InChI=1S/C12H24N2O2/c1-10-8-14(4-3-5-16-10)12(9-13)6-11(7-12)15-2/h10-11H,3-9,13H2,1-2H3. The Labute approximate surface area is 98.1 Å². The Hall–Kier alpha value is -0.160. The van der Waals surface area contributed by atoms with E-state index in [9.17, 15) is 0 Å². The fraction of sp³-hybridized carbons (Fsp3) is 1.00. The molecule has 2 aliphatic rings. The van der Waals surface area contributed by atoms with Crippen LogP contribution in [0.2, 0.25) is 0 Å². The summed E-state index contributed by atoms with van der Waals surface area (Å²) in [7, 11) is 1.79. The molecule has 2 rings (SSSR count). The second-order valence-electron chi connectivity index (χ2n) is 5.18. The van der Waals surface area contributed by atoms with Crippen LogP contribution in [0.1, 0.15) is 26.2 Å². The molecule has 0 bridgehead atoms. The molecule has 1 heterocycles. The number of rotatable bonds is 3. The molecule has 1 saturated heterocycles. The van der Waals surface area contributed by atoms with Crippen LogP contribution in [0.4, 0.5) is 0 Å². The summed E-state index contributed by atoms with van der Waals surface area (Å²) in [5, 5.41) is 0. The van der Waals surface area contributed by atoms with Crippen LogP contribution in [0.25, 0.3) is 0 Å². The number of methoxy groups -OCH3 is 1. The van der Waals surface area contributed by atoms with E-state index in [1.54, 1.807) is 7.11 Å². The Morgan fingerprint density at radius 3 is 2.88 bits per heavy atom. The molecular weight excluding hydrogens is 204 g/mol. The highest BCUT2D eigenvalue weighted by Crippen LogP contribution is 2.39. The van der Waals surface area contributed by atoms with Gasteiger partial charge in [0, 0.05) is 38.9 Å². The SMILES string of the molecule is COC1CC(CN)(N2CCCOC(C)C2)C1. The van der Waals surface area contributed by atoms with Crippen molar-refractivity contribution in [3.05, 3.63) is 0 Å². The van der Waals surface area contributed by atoms with E-state index in [4.69, 9.17) is 15.2 Å². The van der Waals surface area contributed by atoms with E-state index in [0.717, 1.165) is 45.5 Å². The molecule has 1 saturated carbocycles. The van der Waals surface area contributed by atoms with Crippen LogP contribution in [0, 0.1) is 0 Å². The third-order valence-corrected chi connectivity index (χ3v) is 4.05. The maximum Gasteiger partial charge on any atom is 0.0674 e. The zero-order valence-corrected chi connectivity index (χ0v) is 10.4. The summed E-state index contributed by atoms with van der Waals surface area (Å²) in [4.78, 5) is 2.53. The maximum atomic E-state index is 5.97. The molecule has 2 N–H and O–H groups in total. The minimum atomic E-state index is 0.183. The fourth-order valence-electron chi connectivity index (χ4n) is 2.93. The van der Waals surface area contributed by atoms with Crippen molar-refractivity contribution in [1.82, 2.24) is 4.90 Å². The van der Waals surface area contributed by atoms with Crippen molar-refractivity contribution < 1.29 is 9.47 Å². The van der Waals surface area contributed by atoms with Crippen LogP contribution in [0.15, 0.2) is 0 Å². The summed E-state index contributed by atoms with van der Waals surface area (Å²) in [6.45, 7) is 5.88. The number of nitrogens with two attached hydrogens (primary N) is 1. The molecule has 0 amide bonds. The van der Waals surface area contributed by atoms with Crippen molar-refractivity contribution in [3.63, 3.8) is 0 Å². The highest BCUT2D eigenvalue weighted by atomic mass is 16.5. The Morgan fingerprint density at radius 1 is 1.50 bits per heavy atom. The normalized spacial score (nSPS) is 41.4. The monoisotopic (exact) mass is 228 g/mol. The molecule has 0 aromatic rings. The van der Waals surface area contributed by atoms with E-state index in [1.807, 2.05) is 0 Å². The minimum Gasteiger partial charge on any atom is -0.381 e. The van der Waals surface area contributed by atoms with Crippen LogP contribution < -0.4 is 5.73 Å². The molecule has 0 spiro atoms. The molecule has 4 heteroatoms. The van der Waals surface area contributed by atoms with Gasteiger partial charge in [0.05, 0.1) is 12.2 Å². The van der Waals surface area contributed by atoms with Gasteiger partial charge in [-0.25, -0.2) is 0 Å². The lowest BCUT2D eigenvalue weighted by atomic mass is 9.72. The van der Waals surface area contributed by atoms with Gasteiger partial charge in [0.1, 0.15) is 0 Å². The Balaban J connectivity index is 1.98. The lowest BCUT2D eigenvalue weighted by molar-refractivity contribution is -0.0916. The molecule has 1 atom stereocenters. The van der Waals surface area contributed by atoms with Gasteiger partial charge in [-0.05, 0) is 26.2 Å². The molecule has 0 aromatic carbocycles. The van der Waals surface area contributed by atoms with E-state index in [2.05, 4.69) is 11.8 Å². The largest absolute Gasteiger partial charge is 0.381 e. The first kappa shape index (κ1) is 12.3. The summed E-state index contributed by atoms with van der Waals surface area (Å²) in [5.74, 6) is 0. The van der Waals surface area contributed by atoms with Crippen LogP contribution in [-0.2, 0) is 9.47 Å². The first-order valence-corrected chi connectivity index (χ1v) is 6.30. The van der Waals surface area contributed by atoms with E-state index < -0.39 is 0 Å². The predicted octanol–water partition coefficient (Wildman–Crippen LogP) is 0.603. The van der Waals surface area contributed by atoms with Crippen LogP contribution >= 0.6 is 0 Å². The van der Waals surface area contributed by atoms with Crippen molar-refractivity contribution in [3.8, 4) is 0 Å². The quantitative estimate of drug-likeness (QED) is 0.768. The highest BCUT2D eigenvalue weighted by molar-refractivity contribution is 5.05. The first-order chi connectivity index (χ1) is 7.70. The van der Waals surface area contributed by atoms with E-state index in [0.29, 0.717) is 12.2 Å². The van der Waals surface area contributed by atoms with E-state index >= 15 is 0 Å². The highest BCUT2D eigenvalue weighted by Gasteiger charge is 2.48. The van der Waals surface area contributed by atoms with Crippen molar-refractivity contribution in [1.29, 1.82) is 0 Å². The molecule has 1 aliphatic heterocycles. The van der Waals surface area contributed by atoms with Crippen molar-refractivity contribution in [2.45, 2.75) is 43.9 Å². The average molecular weight is 228 g/mol. The van der Waals surface area contributed by atoms with Gasteiger partial charge in [-0.15, -0.1) is 0 Å². The number of hydrogen-bond acceptors (Lipinski definition) is 4. The van der Waals surface area contributed by atoms with Gasteiger partial charge >= 0.3 is 0 Å².